The first-order valence-electron chi connectivity index (χ1n) is 7.34. The van der Waals surface area contributed by atoms with E-state index in [0.717, 1.165) is 31.2 Å². The van der Waals surface area contributed by atoms with Crippen molar-refractivity contribution < 1.29 is 14.1 Å². The molecule has 0 aliphatic heterocycles. The Kier molecular flexibility index (Phi) is 3.99. The Morgan fingerprint density at radius 1 is 1.19 bits per heavy atom. The third kappa shape index (κ3) is 3.29. The van der Waals surface area contributed by atoms with E-state index in [1.54, 1.807) is 31.2 Å². The van der Waals surface area contributed by atoms with Crippen molar-refractivity contribution in [2.24, 2.45) is 0 Å². The van der Waals surface area contributed by atoms with Gasteiger partial charge < -0.3 is 9.26 Å². The molecule has 1 aliphatic rings. The number of esters is 1. The minimum Gasteiger partial charge on any atom is -0.459 e. The van der Waals surface area contributed by atoms with Crippen LogP contribution in [-0.4, -0.2) is 22.2 Å². The Bertz CT molecular complexity index is 613. The van der Waals surface area contributed by atoms with E-state index < -0.39 is 0 Å². The molecule has 0 saturated heterocycles. The van der Waals surface area contributed by atoms with Crippen LogP contribution in [0.5, 0.6) is 0 Å². The van der Waals surface area contributed by atoms with Crippen LogP contribution >= 0.6 is 0 Å². The first kappa shape index (κ1) is 13.8. The zero-order chi connectivity index (χ0) is 14.7. The summed E-state index contributed by atoms with van der Waals surface area (Å²) in [6.45, 7) is 1.77. The number of aromatic nitrogens is 2. The summed E-state index contributed by atoms with van der Waals surface area (Å²) in [5, 5.41) is 3.75. The molecule has 0 N–H and O–H groups in total. The first-order chi connectivity index (χ1) is 10.2. The SMILES string of the molecule is Cc1noc(-c2ccc(C(=O)OC3CCCCC3)cc2)n1. The summed E-state index contributed by atoms with van der Waals surface area (Å²) in [5.41, 5.74) is 1.35. The van der Waals surface area contributed by atoms with Gasteiger partial charge in [-0.1, -0.05) is 11.6 Å². The van der Waals surface area contributed by atoms with Gasteiger partial charge >= 0.3 is 5.97 Å². The monoisotopic (exact) mass is 286 g/mol. The predicted octanol–water partition coefficient (Wildman–Crippen LogP) is 3.53. The maximum Gasteiger partial charge on any atom is 0.338 e. The highest BCUT2D eigenvalue weighted by Crippen LogP contribution is 2.22. The summed E-state index contributed by atoms with van der Waals surface area (Å²) < 4.78 is 10.6. The van der Waals surface area contributed by atoms with Crippen LogP contribution in [0.1, 0.15) is 48.3 Å². The Labute approximate surface area is 123 Å². The van der Waals surface area contributed by atoms with E-state index in [1.165, 1.54) is 6.42 Å². The van der Waals surface area contributed by atoms with Gasteiger partial charge in [0.2, 0.25) is 0 Å². The Balaban J connectivity index is 1.67. The van der Waals surface area contributed by atoms with Gasteiger partial charge in [-0.25, -0.2) is 4.79 Å². The Morgan fingerprint density at radius 3 is 2.52 bits per heavy atom. The second kappa shape index (κ2) is 6.08. The van der Waals surface area contributed by atoms with E-state index in [-0.39, 0.29) is 12.1 Å². The number of carbonyl (C=O) groups is 1. The van der Waals surface area contributed by atoms with E-state index >= 15 is 0 Å². The van der Waals surface area contributed by atoms with Gasteiger partial charge in [-0.15, -0.1) is 0 Å². The van der Waals surface area contributed by atoms with Gasteiger partial charge in [-0.3, -0.25) is 0 Å². The third-order valence-corrected chi connectivity index (χ3v) is 3.72. The predicted molar refractivity (Wildman–Crippen MR) is 76.8 cm³/mol. The van der Waals surface area contributed by atoms with Gasteiger partial charge in [0.25, 0.3) is 5.89 Å². The summed E-state index contributed by atoms with van der Waals surface area (Å²) in [6.07, 6.45) is 5.56. The fourth-order valence-corrected chi connectivity index (χ4v) is 2.57. The van der Waals surface area contributed by atoms with Crippen LogP contribution in [0.15, 0.2) is 28.8 Å². The van der Waals surface area contributed by atoms with Gasteiger partial charge in [-0.2, -0.15) is 4.98 Å². The number of rotatable bonds is 3. The average molecular weight is 286 g/mol. The van der Waals surface area contributed by atoms with Crippen molar-refractivity contribution in [3.63, 3.8) is 0 Å². The largest absolute Gasteiger partial charge is 0.459 e. The van der Waals surface area contributed by atoms with Crippen LogP contribution in [0.25, 0.3) is 11.5 Å². The van der Waals surface area contributed by atoms with E-state index in [4.69, 9.17) is 9.26 Å². The molecule has 1 aromatic heterocycles. The molecule has 110 valence electrons. The molecule has 0 atom stereocenters. The lowest BCUT2D eigenvalue weighted by Gasteiger charge is -2.21. The van der Waals surface area contributed by atoms with Crippen LogP contribution in [-0.2, 0) is 4.74 Å². The molecule has 0 spiro atoms. The molecule has 0 bridgehead atoms. The van der Waals surface area contributed by atoms with Gasteiger partial charge in [0, 0.05) is 5.56 Å². The number of benzene rings is 1. The Hall–Kier alpha value is -2.17. The second-order valence-corrected chi connectivity index (χ2v) is 5.39. The van der Waals surface area contributed by atoms with E-state index in [0.29, 0.717) is 17.3 Å². The molecule has 1 saturated carbocycles. The summed E-state index contributed by atoms with van der Waals surface area (Å²) >= 11 is 0. The molecule has 5 heteroatoms. The smallest absolute Gasteiger partial charge is 0.338 e. The molecular formula is C16H18N2O3. The third-order valence-electron chi connectivity index (χ3n) is 3.72. The van der Waals surface area contributed by atoms with Crippen LogP contribution in [0, 0.1) is 6.92 Å². The normalized spacial score (nSPS) is 15.9. The van der Waals surface area contributed by atoms with Crippen molar-refractivity contribution in [2.75, 3.05) is 0 Å². The van der Waals surface area contributed by atoms with Crippen molar-refractivity contribution >= 4 is 5.97 Å². The van der Waals surface area contributed by atoms with Crippen LogP contribution in [0.3, 0.4) is 0 Å². The highest BCUT2D eigenvalue weighted by atomic mass is 16.5. The summed E-state index contributed by atoms with van der Waals surface area (Å²) in [4.78, 5) is 16.2. The fraction of sp³-hybridized carbons (Fsp3) is 0.438. The fourth-order valence-electron chi connectivity index (χ4n) is 2.57. The summed E-state index contributed by atoms with van der Waals surface area (Å²) in [5.74, 6) is 0.792. The Morgan fingerprint density at radius 2 is 1.90 bits per heavy atom. The quantitative estimate of drug-likeness (QED) is 0.807. The number of hydrogen-bond donors (Lipinski definition) is 0. The zero-order valence-electron chi connectivity index (χ0n) is 12.0. The van der Waals surface area contributed by atoms with Crippen molar-refractivity contribution in [1.29, 1.82) is 0 Å². The number of hydrogen-bond acceptors (Lipinski definition) is 5. The lowest BCUT2D eigenvalue weighted by molar-refractivity contribution is 0.0211. The molecule has 0 radical (unpaired) electrons. The molecule has 21 heavy (non-hydrogen) atoms. The van der Waals surface area contributed by atoms with E-state index in [9.17, 15) is 4.79 Å². The van der Waals surface area contributed by atoms with Crippen LogP contribution in [0.4, 0.5) is 0 Å². The van der Waals surface area contributed by atoms with Crippen molar-refractivity contribution in [2.45, 2.75) is 45.1 Å². The van der Waals surface area contributed by atoms with Gasteiger partial charge in [0.15, 0.2) is 5.82 Å². The number of aryl methyl sites for hydroxylation is 1. The molecular weight excluding hydrogens is 268 g/mol. The zero-order valence-corrected chi connectivity index (χ0v) is 12.0. The van der Waals surface area contributed by atoms with Crippen LogP contribution in [0.2, 0.25) is 0 Å². The number of carbonyl (C=O) groups excluding carboxylic acids is 1. The maximum atomic E-state index is 12.1. The van der Waals surface area contributed by atoms with Crippen LogP contribution < -0.4 is 0 Å². The minimum atomic E-state index is -0.254. The van der Waals surface area contributed by atoms with Crippen molar-refractivity contribution in [3.8, 4) is 11.5 Å². The van der Waals surface area contributed by atoms with Gasteiger partial charge in [-0.05, 0) is 56.9 Å². The lowest BCUT2D eigenvalue weighted by Crippen LogP contribution is -2.20. The molecule has 1 aromatic carbocycles. The number of ether oxygens (including phenoxy) is 1. The van der Waals surface area contributed by atoms with E-state index in [1.807, 2.05) is 0 Å². The van der Waals surface area contributed by atoms with Crippen molar-refractivity contribution in [1.82, 2.24) is 10.1 Å². The van der Waals surface area contributed by atoms with Gasteiger partial charge in [0.1, 0.15) is 6.10 Å². The molecule has 1 heterocycles. The highest BCUT2D eigenvalue weighted by Gasteiger charge is 2.18. The first-order valence-corrected chi connectivity index (χ1v) is 7.34. The lowest BCUT2D eigenvalue weighted by atomic mass is 9.98. The topological polar surface area (TPSA) is 65.2 Å². The van der Waals surface area contributed by atoms with Gasteiger partial charge in [0.05, 0.1) is 5.56 Å². The molecule has 0 unspecified atom stereocenters. The molecule has 3 rings (SSSR count). The second-order valence-electron chi connectivity index (χ2n) is 5.39. The molecule has 0 amide bonds. The van der Waals surface area contributed by atoms with E-state index in [2.05, 4.69) is 10.1 Å². The molecule has 2 aromatic rings. The summed E-state index contributed by atoms with van der Waals surface area (Å²) in [7, 11) is 0. The molecule has 5 nitrogen and oxygen atoms in total. The molecule has 1 fully saturated rings. The molecule has 1 aliphatic carbocycles. The standard InChI is InChI=1S/C16H18N2O3/c1-11-17-15(21-18-11)12-7-9-13(10-8-12)16(19)20-14-5-3-2-4-6-14/h7-10,14H,2-6H2,1H3. The summed E-state index contributed by atoms with van der Waals surface area (Å²) in [6, 6.07) is 7.06. The highest BCUT2D eigenvalue weighted by molar-refractivity contribution is 5.90. The average Bonchev–Trinajstić information content (AvgIpc) is 2.95. The minimum absolute atomic E-state index is 0.0736. The number of nitrogens with zero attached hydrogens (tertiary/aromatic N) is 2. The maximum absolute atomic E-state index is 12.1. The van der Waals surface area contributed by atoms with Crippen molar-refractivity contribution in [3.05, 3.63) is 35.7 Å².